The van der Waals surface area contributed by atoms with E-state index in [0.29, 0.717) is 6.54 Å². The van der Waals surface area contributed by atoms with E-state index in [0.717, 1.165) is 19.4 Å². The van der Waals surface area contributed by atoms with Gasteiger partial charge in [0, 0.05) is 19.0 Å². The highest BCUT2D eigenvalue weighted by molar-refractivity contribution is 5.85. The van der Waals surface area contributed by atoms with E-state index >= 15 is 0 Å². The van der Waals surface area contributed by atoms with Crippen LogP contribution in [0.25, 0.3) is 0 Å². The Hall–Kier alpha value is 0.110. The summed E-state index contributed by atoms with van der Waals surface area (Å²) in [7, 11) is 0. The molecule has 2 aliphatic rings. The van der Waals surface area contributed by atoms with Gasteiger partial charge in [-0.25, -0.2) is 8.78 Å². The Balaban J connectivity index is 0.000000605. The van der Waals surface area contributed by atoms with Crippen molar-refractivity contribution < 1.29 is 8.78 Å². The summed E-state index contributed by atoms with van der Waals surface area (Å²) in [6.45, 7) is 1.35. The number of nitrogens with one attached hydrogen (secondary N) is 1. The summed E-state index contributed by atoms with van der Waals surface area (Å²) in [5.41, 5.74) is 0.0220. The Bertz CT molecular complexity index is 147. The van der Waals surface area contributed by atoms with E-state index in [1.54, 1.807) is 0 Å². The standard InChI is InChI=1S/C7H11F2N.ClH/c8-6(9)5-3-10-4-7(5)1-2-7;/h5-6,10H,1-4H2;1H. The van der Waals surface area contributed by atoms with Crippen LogP contribution >= 0.6 is 12.4 Å². The summed E-state index contributed by atoms with van der Waals surface area (Å²) >= 11 is 0. The minimum Gasteiger partial charge on any atom is -0.316 e. The van der Waals surface area contributed by atoms with Crippen molar-refractivity contribution in [1.82, 2.24) is 5.32 Å². The molecule has 1 nitrogen and oxygen atoms in total. The predicted octanol–water partition coefficient (Wildman–Crippen LogP) is 1.67. The molecule has 0 aromatic heterocycles. The quantitative estimate of drug-likeness (QED) is 0.652. The van der Waals surface area contributed by atoms with E-state index in [-0.39, 0.29) is 23.7 Å². The van der Waals surface area contributed by atoms with Crippen LogP contribution in [0.1, 0.15) is 12.8 Å². The molecule has 2 fully saturated rings. The first-order valence-corrected chi connectivity index (χ1v) is 3.73. The molecule has 1 unspecified atom stereocenters. The van der Waals surface area contributed by atoms with E-state index in [1.807, 2.05) is 0 Å². The molecule has 4 heteroatoms. The number of rotatable bonds is 1. The predicted molar refractivity (Wildman–Crippen MR) is 41.3 cm³/mol. The molecular weight excluding hydrogens is 172 g/mol. The topological polar surface area (TPSA) is 12.0 Å². The first-order chi connectivity index (χ1) is 4.75. The fraction of sp³-hybridized carbons (Fsp3) is 1.00. The molecule has 0 aromatic rings. The molecule has 0 amide bonds. The molecule has 0 radical (unpaired) electrons. The highest BCUT2D eigenvalue weighted by Gasteiger charge is 2.55. The summed E-state index contributed by atoms with van der Waals surface area (Å²) in [6, 6.07) is 0. The van der Waals surface area contributed by atoms with E-state index in [2.05, 4.69) is 5.32 Å². The Kier molecular flexibility index (Phi) is 2.40. The van der Waals surface area contributed by atoms with Gasteiger partial charge in [-0.3, -0.25) is 0 Å². The Morgan fingerprint density at radius 3 is 2.36 bits per heavy atom. The van der Waals surface area contributed by atoms with Gasteiger partial charge in [0.05, 0.1) is 0 Å². The van der Waals surface area contributed by atoms with Crippen molar-refractivity contribution in [1.29, 1.82) is 0 Å². The van der Waals surface area contributed by atoms with Crippen LogP contribution in [0.15, 0.2) is 0 Å². The zero-order valence-corrected chi connectivity index (χ0v) is 6.96. The van der Waals surface area contributed by atoms with Crippen LogP contribution in [-0.2, 0) is 0 Å². The molecule has 66 valence electrons. The molecule has 1 spiro atoms. The van der Waals surface area contributed by atoms with Crippen molar-refractivity contribution in [2.45, 2.75) is 19.3 Å². The smallest absolute Gasteiger partial charge is 0.243 e. The zero-order valence-electron chi connectivity index (χ0n) is 6.15. The van der Waals surface area contributed by atoms with Gasteiger partial charge in [0.1, 0.15) is 0 Å². The molecule has 1 atom stereocenters. The second-order valence-corrected chi connectivity index (χ2v) is 3.43. The lowest BCUT2D eigenvalue weighted by molar-refractivity contribution is 0.0578. The maximum atomic E-state index is 12.2. The summed E-state index contributed by atoms with van der Waals surface area (Å²) < 4.78 is 24.5. The molecule has 1 aliphatic heterocycles. The van der Waals surface area contributed by atoms with E-state index in [9.17, 15) is 8.78 Å². The third kappa shape index (κ3) is 1.36. The van der Waals surface area contributed by atoms with Crippen LogP contribution in [0.4, 0.5) is 8.78 Å². The van der Waals surface area contributed by atoms with Gasteiger partial charge in [0.2, 0.25) is 6.43 Å². The van der Waals surface area contributed by atoms with Gasteiger partial charge in [-0.1, -0.05) is 0 Å². The lowest BCUT2D eigenvalue weighted by Gasteiger charge is -2.14. The zero-order chi connectivity index (χ0) is 7.19. The summed E-state index contributed by atoms with van der Waals surface area (Å²) in [5, 5.41) is 3.03. The Labute approximate surface area is 71.0 Å². The van der Waals surface area contributed by atoms with Crippen molar-refractivity contribution in [3.63, 3.8) is 0 Å². The third-order valence-electron chi connectivity index (χ3n) is 2.82. The van der Waals surface area contributed by atoms with Gasteiger partial charge in [-0.05, 0) is 18.3 Å². The lowest BCUT2D eigenvalue weighted by Crippen LogP contribution is -2.21. The average Bonchev–Trinajstić information content (AvgIpc) is 2.42. The Morgan fingerprint density at radius 2 is 2.00 bits per heavy atom. The van der Waals surface area contributed by atoms with Crippen LogP contribution in [0.3, 0.4) is 0 Å². The Morgan fingerprint density at radius 1 is 1.36 bits per heavy atom. The minimum atomic E-state index is -2.11. The van der Waals surface area contributed by atoms with Crippen molar-refractivity contribution in [3.8, 4) is 0 Å². The summed E-state index contributed by atoms with van der Waals surface area (Å²) in [6.07, 6.45) is -0.0956. The monoisotopic (exact) mass is 183 g/mol. The van der Waals surface area contributed by atoms with Gasteiger partial charge in [0.25, 0.3) is 0 Å². The minimum absolute atomic E-state index is 0. The van der Waals surface area contributed by atoms with Gasteiger partial charge in [-0.15, -0.1) is 12.4 Å². The molecular formula is C7H12ClF2N. The van der Waals surface area contributed by atoms with E-state index in [4.69, 9.17) is 0 Å². The molecule has 11 heavy (non-hydrogen) atoms. The molecule has 1 saturated carbocycles. The first-order valence-electron chi connectivity index (χ1n) is 3.73. The van der Waals surface area contributed by atoms with E-state index < -0.39 is 6.43 Å². The maximum Gasteiger partial charge on any atom is 0.243 e. The fourth-order valence-electron chi connectivity index (χ4n) is 1.89. The highest BCUT2D eigenvalue weighted by Crippen LogP contribution is 2.55. The molecule has 1 N–H and O–H groups in total. The molecule has 0 aromatic carbocycles. The summed E-state index contributed by atoms with van der Waals surface area (Å²) in [5.74, 6) is -0.354. The van der Waals surface area contributed by atoms with Crippen molar-refractivity contribution in [2.75, 3.05) is 13.1 Å². The van der Waals surface area contributed by atoms with Gasteiger partial charge in [0.15, 0.2) is 0 Å². The lowest BCUT2D eigenvalue weighted by atomic mass is 9.93. The number of hydrogen-bond acceptors (Lipinski definition) is 1. The van der Waals surface area contributed by atoms with Crippen molar-refractivity contribution in [3.05, 3.63) is 0 Å². The molecule has 0 bridgehead atoms. The number of alkyl halides is 2. The maximum absolute atomic E-state index is 12.2. The van der Waals surface area contributed by atoms with Crippen LogP contribution in [-0.4, -0.2) is 19.5 Å². The van der Waals surface area contributed by atoms with Crippen LogP contribution in [0.5, 0.6) is 0 Å². The normalized spacial score (nSPS) is 32.5. The van der Waals surface area contributed by atoms with Crippen LogP contribution in [0.2, 0.25) is 0 Å². The average molecular weight is 184 g/mol. The number of hydrogen-bond donors (Lipinski definition) is 1. The van der Waals surface area contributed by atoms with Gasteiger partial charge >= 0.3 is 0 Å². The van der Waals surface area contributed by atoms with Crippen molar-refractivity contribution in [2.24, 2.45) is 11.3 Å². The highest BCUT2D eigenvalue weighted by atomic mass is 35.5. The summed E-state index contributed by atoms with van der Waals surface area (Å²) in [4.78, 5) is 0. The molecule has 1 aliphatic carbocycles. The van der Waals surface area contributed by atoms with Crippen molar-refractivity contribution >= 4 is 12.4 Å². The fourth-order valence-corrected chi connectivity index (χ4v) is 1.89. The van der Waals surface area contributed by atoms with Crippen LogP contribution < -0.4 is 5.32 Å². The molecule has 2 rings (SSSR count). The molecule has 1 heterocycles. The van der Waals surface area contributed by atoms with E-state index in [1.165, 1.54) is 0 Å². The SMILES string of the molecule is Cl.FC(F)C1CNCC12CC2. The molecule has 1 saturated heterocycles. The number of halogens is 3. The van der Waals surface area contributed by atoms with Gasteiger partial charge < -0.3 is 5.32 Å². The third-order valence-corrected chi connectivity index (χ3v) is 2.82. The second-order valence-electron chi connectivity index (χ2n) is 3.43. The second kappa shape index (κ2) is 2.87. The van der Waals surface area contributed by atoms with Gasteiger partial charge in [-0.2, -0.15) is 0 Å². The largest absolute Gasteiger partial charge is 0.316 e. The first kappa shape index (κ1) is 9.20. The van der Waals surface area contributed by atoms with Crippen LogP contribution in [0, 0.1) is 11.3 Å².